The molecule has 1 aromatic carbocycles. The molecular weight excluding hydrogens is 324 g/mol. The van der Waals surface area contributed by atoms with Crippen LogP contribution in [-0.4, -0.2) is 53.7 Å². The van der Waals surface area contributed by atoms with Crippen LogP contribution in [0.25, 0.3) is 0 Å². The molecule has 3 N–H and O–H groups in total. The van der Waals surface area contributed by atoms with E-state index in [0.717, 1.165) is 17.9 Å². The number of nitrogens with two attached hydrogens (primary N) is 1. The van der Waals surface area contributed by atoms with Crippen molar-refractivity contribution in [1.82, 2.24) is 10.2 Å². The van der Waals surface area contributed by atoms with Crippen LogP contribution in [0.15, 0.2) is 18.2 Å². The molecule has 0 saturated carbocycles. The van der Waals surface area contributed by atoms with Gasteiger partial charge in [0.15, 0.2) is 0 Å². The van der Waals surface area contributed by atoms with E-state index in [-0.39, 0.29) is 24.8 Å². The van der Waals surface area contributed by atoms with E-state index in [4.69, 9.17) is 5.73 Å². The number of fused-ring (bicyclic) bond motifs is 1. The van der Waals surface area contributed by atoms with Crippen LogP contribution in [0.1, 0.15) is 40.0 Å². The molecule has 2 fully saturated rings. The first-order chi connectivity index (χ1) is 12.0. The van der Waals surface area contributed by atoms with Gasteiger partial charge in [-0.3, -0.25) is 29.4 Å². The van der Waals surface area contributed by atoms with Crippen molar-refractivity contribution in [3.8, 4) is 0 Å². The fraction of sp³-hybridized carbons (Fsp3) is 0.412. The first kappa shape index (κ1) is 15.8. The highest BCUT2D eigenvalue weighted by molar-refractivity contribution is 6.25. The van der Waals surface area contributed by atoms with Gasteiger partial charge in [-0.05, 0) is 25.0 Å². The molecule has 25 heavy (non-hydrogen) atoms. The molecule has 0 aromatic heterocycles. The van der Waals surface area contributed by atoms with Gasteiger partial charge >= 0.3 is 0 Å². The summed E-state index contributed by atoms with van der Waals surface area (Å²) in [6.07, 6.45) is 1.08. The highest BCUT2D eigenvalue weighted by Crippen LogP contribution is 2.35. The summed E-state index contributed by atoms with van der Waals surface area (Å²) in [5.74, 6) is -1.95. The Morgan fingerprint density at radius 3 is 2.56 bits per heavy atom. The molecule has 8 heteroatoms. The van der Waals surface area contributed by atoms with Crippen molar-refractivity contribution in [1.29, 1.82) is 0 Å². The summed E-state index contributed by atoms with van der Waals surface area (Å²) in [6, 6.07) is 4.22. The summed E-state index contributed by atoms with van der Waals surface area (Å²) < 4.78 is 0. The minimum Gasteiger partial charge on any atom is -0.369 e. The summed E-state index contributed by atoms with van der Waals surface area (Å²) in [5.41, 5.74) is 7.26. The van der Waals surface area contributed by atoms with Gasteiger partial charge in [0.05, 0.1) is 16.8 Å². The molecule has 3 aliphatic rings. The molecule has 4 amide bonds. The number of hydrogen-bond acceptors (Lipinski definition) is 6. The normalized spacial score (nSPS) is 26.3. The molecule has 0 radical (unpaired) electrons. The second kappa shape index (κ2) is 5.66. The lowest BCUT2D eigenvalue weighted by Crippen LogP contribution is -2.54. The molecule has 3 heterocycles. The van der Waals surface area contributed by atoms with E-state index < -0.39 is 23.8 Å². The van der Waals surface area contributed by atoms with Gasteiger partial charge in [0.1, 0.15) is 6.04 Å². The average Bonchev–Trinajstić information content (AvgIpc) is 3.11. The molecular formula is C17H18N4O4. The summed E-state index contributed by atoms with van der Waals surface area (Å²) >= 11 is 0. The fourth-order valence-corrected chi connectivity index (χ4v) is 3.77. The number of amides is 4. The first-order valence-corrected chi connectivity index (χ1v) is 8.32. The molecule has 3 aliphatic heterocycles. The van der Waals surface area contributed by atoms with Crippen LogP contribution in [0.5, 0.6) is 0 Å². The Bertz CT molecular complexity index is 806. The SMILES string of the molecule is NC1CCN(c2cccc3c2C(=O)N(C2CCC(=O)NC2=O)C3=O)C1. The number of imide groups is 2. The lowest BCUT2D eigenvalue weighted by atomic mass is 10.0. The van der Waals surface area contributed by atoms with Crippen molar-refractivity contribution in [3.63, 3.8) is 0 Å². The van der Waals surface area contributed by atoms with Crippen molar-refractivity contribution in [2.45, 2.75) is 31.3 Å². The van der Waals surface area contributed by atoms with Crippen molar-refractivity contribution in [2.75, 3.05) is 18.0 Å². The smallest absolute Gasteiger partial charge is 0.264 e. The van der Waals surface area contributed by atoms with Crippen molar-refractivity contribution in [3.05, 3.63) is 29.3 Å². The number of anilines is 1. The summed E-state index contributed by atoms with van der Waals surface area (Å²) in [6.45, 7) is 1.34. The van der Waals surface area contributed by atoms with Crippen LogP contribution in [0.4, 0.5) is 5.69 Å². The minimum atomic E-state index is -0.946. The summed E-state index contributed by atoms with van der Waals surface area (Å²) in [5, 5.41) is 2.20. The molecule has 130 valence electrons. The van der Waals surface area contributed by atoms with Crippen LogP contribution in [0.2, 0.25) is 0 Å². The standard InChI is InChI=1S/C17H18N4O4/c18-9-6-7-20(8-9)11-3-1-2-10-14(11)17(25)21(16(10)24)12-4-5-13(22)19-15(12)23/h1-3,9,12H,4-8,18H2,(H,19,22,23). The Morgan fingerprint density at radius 2 is 1.88 bits per heavy atom. The van der Waals surface area contributed by atoms with E-state index in [9.17, 15) is 19.2 Å². The number of rotatable bonds is 2. The number of nitrogens with zero attached hydrogens (tertiary/aromatic N) is 2. The number of piperidine rings is 1. The second-order valence-corrected chi connectivity index (χ2v) is 6.64. The predicted octanol–water partition coefficient (Wildman–Crippen LogP) is -0.375. The Hall–Kier alpha value is -2.74. The average molecular weight is 342 g/mol. The first-order valence-electron chi connectivity index (χ1n) is 8.32. The van der Waals surface area contributed by atoms with Gasteiger partial charge < -0.3 is 10.6 Å². The zero-order valence-corrected chi connectivity index (χ0v) is 13.5. The number of benzene rings is 1. The fourth-order valence-electron chi connectivity index (χ4n) is 3.77. The molecule has 0 spiro atoms. The topological polar surface area (TPSA) is 113 Å². The maximum atomic E-state index is 13.0. The highest BCUT2D eigenvalue weighted by Gasteiger charge is 2.46. The Kier molecular flexibility index (Phi) is 3.57. The largest absolute Gasteiger partial charge is 0.369 e. The predicted molar refractivity (Wildman–Crippen MR) is 87.9 cm³/mol. The van der Waals surface area contributed by atoms with Crippen LogP contribution in [-0.2, 0) is 9.59 Å². The third kappa shape index (κ3) is 2.41. The van der Waals surface area contributed by atoms with Crippen LogP contribution in [0, 0.1) is 0 Å². The molecule has 4 rings (SSSR count). The summed E-state index contributed by atoms with van der Waals surface area (Å²) in [7, 11) is 0. The maximum Gasteiger partial charge on any atom is 0.264 e. The quantitative estimate of drug-likeness (QED) is 0.709. The van der Waals surface area contributed by atoms with Gasteiger partial charge in [-0.1, -0.05) is 6.07 Å². The molecule has 0 bridgehead atoms. The van der Waals surface area contributed by atoms with E-state index in [1.54, 1.807) is 18.2 Å². The van der Waals surface area contributed by atoms with Gasteiger partial charge in [-0.15, -0.1) is 0 Å². The molecule has 1 aromatic rings. The van der Waals surface area contributed by atoms with Crippen molar-refractivity contribution in [2.24, 2.45) is 5.73 Å². The van der Waals surface area contributed by atoms with Crippen molar-refractivity contribution < 1.29 is 19.2 Å². The highest BCUT2D eigenvalue weighted by atomic mass is 16.2. The lowest BCUT2D eigenvalue weighted by molar-refractivity contribution is -0.136. The van der Waals surface area contributed by atoms with Gasteiger partial charge in [0.25, 0.3) is 11.8 Å². The zero-order chi connectivity index (χ0) is 17.7. The number of carbonyl (C=O) groups excluding carboxylic acids is 4. The van der Waals surface area contributed by atoms with E-state index in [1.807, 2.05) is 4.90 Å². The van der Waals surface area contributed by atoms with Crippen LogP contribution < -0.4 is 16.0 Å². The number of carbonyl (C=O) groups is 4. The maximum absolute atomic E-state index is 13.0. The summed E-state index contributed by atoms with van der Waals surface area (Å²) in [4.78, 5) is 52.2. The molecule has 2 atom stereocenters. The van der Waals surface area contributed by atoms with E-state index >= 15 is 0 Å². The van der Waals surface area contributed by atoms with E-state index in [1.165, 1.54) is 0 Å². The minimum absolute atomic E-state index is 0.0364. The molecule has 2 unspecified atom stereocenters. The van der Waals surface area contributed by atoms with Gasteiger partial charge in [0.2, 0.25) is 11.8 Å². The van der Waals surface area contributed by atoms with Gasteiger partial charge in [0, 0.05) is 25.6 Å². The molecule has 2 saturated heterocycles. The van der Waals surface area contributed by atoms with Crippen LogP contribution >= 0.6 is 0 Å². The number of nitrogens with one attached hydrogen (secondary N) is 1. The Morgan fingerprint density at radius 1 is 1.08 bits per heavy atom. The third-order valence-corrected chi connectivity index (χ3v) is 5.01. The van der Waals surface area contributed by atoms with Crippen molar-refractivity contribution >= 4 is 29.3 Å². The third-order valence-electron chi connectivity index (χ3n) is 5.01. The lowest BCUT2D eigenvalue weighted by Gasteiger charge is -2.28. The Balaban J connectivity index is 1.70. The van der Waals surface area contributed by atoms with Gasteiger partial charge in [-0.25, -0.2) is 0 Å². The van der Waals surface area contributed by atoms with E-state index in [2.05, 4.69) is 5.32 Å². The Labute approximate surface area is 143 Å². The van der Waals surface area contributed by atoms with E-state index in [0.29, 0.717) is 23.4 Å². The van der Waals surface area contributed by atoms with Crippen LogP contribution in [0.3, 0.4) is 0 Å². The molecule has 8 nitrogen and oxygen atoms in total. The van der Waals surface area contributed by atoms with Gasteiger partial charge in [-0.2, -0.15) is 0 Å². The molecule has 0 aliphatic carbocycles. The zero-order valence-electron chi connectivity index (χ0n) is 13.5. The second-order valence-electron chi connectivity index (χ2n) is 6.64. The monoisotopic (exact) mass is 342 g/mol. The number of hydrogen-bond donors (Lipinski definition) is 2.